The largest absolute Gasteiger partial charge is 0.493 e. The molecule has 0 bridgehead atoms. The van der Waals surface area contributed by atoms with E-state index in [9.17, 15) is 9.59 Å². The quantitative estimate of drug-likeness (QED) is 0.540. The van der Waals surface area contributed by atoms with Gasteiger partial charge < -0.3 is 24.3 Å². The zero-order valence-corrected chi connectivity index (χ0v) is 17.2. The maximum atomic E-state index is 12.0. The second-order valence-corrected chi connectivity index (χ2v) is 6.20. The van der Waals surface area contributed by atoms with E-state index in [1.165, 1.54) is 33.5 Å². The van der Waals surface area contributed by atoms with E-state index in [0.29, 0.717) is 28.5 Å². The Morgan fingerprint density at radius 2 is 1.66 bits per heavy atom. The van der Waals surface area contributed by atoms with Crippen LogP contribution in [0.25, 0.3) is 6.08 Å². The molecule has 0 aromatic heterocycles. The summed E-state index contributed by atoms with van der Waals surface area (Å²) in [7, 11) is 4.53. The Bertz CT molecular complexity index is 895. The van der Waals surface area contributed by atoms with Crippen LogP contribution in [0.2, 0.25) is 0 Å². The lowest BCUT2D eigenvalue weighted by Gasteiger charge is -2.12. The Balaban J connectivity index is 1.97. The van der Waals surface area contributed by atoms with Crippen molar-refractivity contribution in [3.05, 3.63) is 53.1 Å². The molecule has 2 rings (SSSR count). The van der Waals surface area contributed by atoms with E-state index in [1.54, 1.807) is 18.2 Å². The molecule has 0 saturated heterocycles. The number of ether oxygens (including phenoxy) is 4. The van der Waals surface area contributed by atoms with Gasteiger partial charge in [-0.2, -0.15) is 0 Å². The van der Waals surface area contributed by atoms with Gasteiger partial charge in [0.1, 0.15) is 0 Å². The molecule has 0 atom stereocenters. The van der Waals surface area contributed by atoms with E-state index in [4.69, 9.17) is 18.9 Å². The third kappa shape index (κ3) is 5.75. The topological polar surface area (TPSA) is 83.1 Å². The molecule has 0 radical (unpaired) electrons. The first-order chi connectivity index (χ1) is 13.9. The fourth-order valence-corrected chi connectivity index (χ4v) is 2.62. The van der Waals surface area contributed by atoms with Crippen LogP contribution in [-0.2, 0) is 14.3 Å². The number of rotatable bonds is 8. The fourth-order valence-electron chi connectivity index (χ4n) is 2.62. The summed E-state index contributed by atoms with van der Waals surface area (Å²) in [4.78, 5) is 24.0. The van der Waals surface area contributed by atoms with Gasteiger partial charge in [-0.15, -0.1) is 0 Å². The van der Waals surface area contributed by atoms with Crippen LogP contribution in [0.5, 0.6) is 17.2 Å². The Morgan fingerprint density at radius 1 is 1.00 bits per heavy atom. The van der Waals surface area contributed by atoms with Crippen molar-refractivity contribution in [3.63, 3.8) is 0 Å². The standard InChI is InChI=1S/C22H25NO6/c1-14-7-6-8-17(15(14)2)23-20(24)13-29-21(25)10-9-16-11-18(26-3)22(28-5)19(12-16)27-4/h6-12H,13H2,1-5H3,(H,23,24)/b10-9+. The molecule has 0 spiro atoms. The minimum absolute atomic E-state index is 0.383. The van der Waals surface area contributed by atoms with Crippen molar-refractivity contribution in [2.75, 3.05) is 33.3 Å². The normalized spacial score (nSPS) is 10.5. The van der Waals surface area contributed by atoms with E-state index in [0.717, 1.165) is 11.1 Å². The highest BCUT2D eigenvalue weighted by atomic mass is 16.5. The summed E-state index contributed by atoms with van der Waals surface area (Å²) in [6.45, 7) is 3.49. The maximum Gasteiger partial charge on any atom is 0.331 e. The van der Waals surface area contributed by atoms with Crippen molar-refractivity contribution < 1.29 is 28.5 Å². The summed E-state index contributed by atoms with van der Waals surface area (Å²) >= 11 is 0. The Hall–Kier alpha value is -3.48. The lowest BCUT2D eigenvalue weighted by atomic mass is 10.1. The number of carbonyl (C=O) groups excluding carboxylic acids is 2. The molecule has 0 aliphatic rings. The molecule has 1 N–H and O–H groups in total. The van der Waals surface area contributed by atoms with Crippen LogP contribution in [0.3, 0.4) is 0 Å². The molecule has 0 aliphatic heterocycles. The van der Waals surface area contributed by atoms with Crippen molar-refractivity contribution >= 4 is 23.6 Å². The maximum absolute atomic E-state index is 12.0. The predicted molar refractivity (Wildman–Crippen MR) is 111 cm³/mol. The first-order valence-electron chi connectivity index (χ1n) is 8.90. The number of hydrogen-bond acceptors (Lipinski definition) is 6. The van der Waals surface area contributed by atoms with Gasteiger partial charge in [-0.05, 0) is 54.8 Å². The molecule has 0 unspecified atom stereocenters. The van der Waals surface area contributed by atoms with Gasteiger partial charge in [0.05, 0.1) is 21.3 Å². The van der Waals surface area contributed by atoms with Crippen molar-refractivity contribution in [1.82, 2.24) is 0 Å². The number of amides is 1. The predicted octanol–water partition coefficient (Wildman–Crippen LogP) is 3.52. The minimum atomic E-state index is -0.644. The van der Waals surface area contributed by atoms with Gasteiger partial charge >= 0.3 is 5.97 Å². The average Bonchev–Trinajstić information content (AvgIpc) is 2.73. The third-order valence-electron chi connectivity index (χ3n) is 4.32. The summed E-state index contributed by atoms with van der Waals surface area (Å²) in [6, 6.07) is 8.99. The van der Waals surface area contributed by atoms with Crippen molar-refractivity contribution in [2.24, 2.45) is 0 Å². The number of benzene rings is 2. The van der Waals surface area contributed by atoms with E-state index in [-0.39, 0.29) is 6.61 Å². The summed E-state index contributed by atoms with van der Waals surface area (Å²) < 4.78 is 20.8. The molecule has 7 heteroatoms. The molecule has 2 aromatic carbocycles. The van der Waals surface area contributed by atoms with Crippen molar-refractivity contribution in [3.8, 4) is 17.2 Å². The smallest absolute Gasteiger partial charge is 0.331 e. The van der Waals surface area contributed by atoms with Gasteiger partial charge in [-0.3, -0.25) is 4.79 Å². The summed E-state index contributed by atoms with van der Waals surface area (Å²) in [5, 5.41) is 2.74. The zero-order valence-electron chi connectivity index (χ0n) is 17.2. The van der Waals surface area contributed by atoms with Crippen LogP contribution < -0.4 is 19.5 Å². The van der Waals surface area contributed by atoms with Crippen LogP contribution in [0, 0.1) is 13.8 Å². The Morgan fingerprint density at radius 3 is 2.24 bits per heavy atom. The molecule has 29 heavy (non-hydrogen) atoms. The third-order valence-corrected chi connectivity index (χ3v) is 4.32. The number of anilines is 1. The van der Waals surface area contributed by atoms with Crippen LogP contribution in [-0.4, -0.2) is 39.8 Å². The molecule has 0 saturated carbocycles. The second kappa shape index (κ2) is 10.2. The molecule has 154 valence electrons. The van der Waals surface area contributed by atoms with Gasteiger partial charge in [0.15, 0.2) is 18.1 Å². The van der Waals surface area contributed by atoms with Gasteiger partial charge in [0, 0.05) is 11.8 Å². The van der Waals surface area contributed by atoms with Crippen molar-refractivity contribution in [2.45, 2.75) is 13.8 Å². The van der Waals surface area contributed by atoms with Gasteiger partial charge in [-0.25, -0.2) is 4.79 Å². The van der Waals surface area contributed by atoms with E-state index < -0.39 is 11.9 Å². The molecule has 2 aromatic rings. The monoisotopic (exact) mass is 399 g/mol. The zero-order chi connectivity index (χ0) is 21.4. The molecule has 0 fully saturated rings. The number of aryl methyl sites for hydroxylation is 1. The van der Waals surface area contributed by atoms with Gasteiger partial charge in [-0.1, -0.05) is 12.1 Å². The fraction of sp³-hybridized carbons (Fsp3) is 0.273. The van der Waals surface area contributed by atoms with Gasteiger partial charge in [0.25, 0.3) is 5.91 Å². The summed E-state index contributed by atoms with van der Waals surface area (Å²) in [5.74, 6) is 0.335. The Labute approximate surface area is 170 Å². The van der Waals surface area contributed by atoms with E-state index >= 15 is 0 Å². The first-order valence-corrected chi connectivity index (χ1v) is 8.90. The second-order valence-electron chi connectivity index (χ2n) is 6.20. The number of esters is 1. The summed E-state index contributed by atoms with van der Waals surface area (Å²) in [5.41, 5.74) is 3.37. The molecule has 1 amide bonds. The molecule has 7 nitrogen and oxygen atoms in total. The number of carbonyl (C=O) groups is 2. The number of methoxy groups -OCH3 is 3. The Kier molecular flexibility index (Phi) is 7.65. The highest BCUT2D eigenvalue weighted by Gasteiger charge is 2.12. The number of nitrogens with one attached hydrogen (secondary N) is 1. The van der Waals surface area contributed by atoms with Gasteiger partial charge in [0.2, 0.25) is 5.75 Å². The SMILES string of the molecule is COc1cc(/C=C/C(=O)OCC(=O)Nc2cccc(C)c2C)cc(OC)c1OC. The van der Waals surface area contributed by atoms with E-state index in [1.807, 2.05) is 26.0 Å². The first kappa shape index (κ1) is 21.8. The van der Waals surface area contributed by atoms with Crippen LogP contribution in [0.15, 0.2) is 36.4 Å². The lowest BCUT2D eigenvalue weighted by Crippen LogP contribution is -2.20. The molecule has 0 heterocycles. The number of hydrogen-bond donors (Lipinski definition) is 1. The molecular weight excluding hydrogens is 374 g/mol. The lowest BCUT2D eigenvalue weighted by molar-refractivity contribution is -0.142. The highest BCUT2D eigenvalue weighted by molar-refractivity contribution is 5.95. The summed E-state index contributed by atoms with van der Waals surface area (Å²) in [6.07, 6.45) is 2.77. The van der Waals surface area contributed by atoms with Crippen molar-refractivity contribution in [1.29, 1.82) is 0 Å². The average molecular weight is 399 g/mol. The minimum Gasteiger partial charge on any atom is -0.493 e. The van der Waals surface area contributed by atoms with Crippen LogP contribution in [0.1, 0.15) is 16.7 Å². The highest BCUT2D eigenvalue weighted by Crippen LogP contribution is 2.38. The van der Waals surface area contributed by atoms with E-state index in [2.05, 4.69) is 5.32 Å². The van der Waals surface area contributed by atoms with Crippen LogP contribution >= 0.6 is 0 Å². The molecule has 0 aliphatic carbocycles. The van der Waals surface area contributed by atoms with Crippen LogP contribution in [0.4, 0.5) is 5.69 Å². The molecular formula is C22H25NO6.